The molecule has 2 aromatic rings. The van der Waals surface area contributed by atoms with Crippen molar-refractivity contribution in [1.82, 2.24) is 14.9 Å². The topological polar surface area (TPSA) is 72.0 Å². The van der Waals surface area contributed by atoms with Crippen molar-refractivity contribution >= 4 is 21.6 Å². The van der Waals surface area contributed by atoms with E-state index in [1.807, 2.05) is 0 Å². The largest absolute Gasteiger partial charge is 0.241 e. The number of benzene rings is 1. The summed E-state index contributed by atoms with van der Waals surface area (Å²) in [6.45, 7) is 0.0901. The number of halogens is 1. The fourth-order valence-electron chi connectivity index (χ4n) is 1.55. The van der Waals surface area contributed by atoms with Gasteiger partial charge in [0.1, 0.15) is 0 Å². The Morgan fingerprint density at radius 1 is 1.16 bits per heavy atom. The maximum absolute atomic E-state index is 12.2. The molecule has 0 atom stereocenters. The smallest absolute Gasteiger partial charge is 0.207 e. The average Bonchev–Trinajstić information content (AvgIpc) is 2.46. The van der Waals surface area contributed by atoms with E-state index in [-0.39, 0.29) is 17.3 Å². The van der Waals surface area contributed by atoms with Gasteiger partial charge >= 0.3 is 0 Å². The molecule has 100 valence electrons. The summed E-state index contributed by atoms with van der Waals surface area (Å²) < 4.78 is 26.8. The molecule has 0 saturated heterocycles. The van der Waals surface area contributed by atoms with Crippen LogP contribution in [0.15, 0.2) is 47.5 Å². The first kappa shape index (κ1) is 13.9. The molecule has 2 rings (SSSR count). The first-order valence-electron chi connectivity index (χ1n) is 5.53. The van der Waals surface area contributed by atoms with Gasteiger partial charge in [-0.25, -0.2) is 13.1 Å². The zero-order chi connectivity index (χ0) is 13.7. The van der Waals surface area contributed by atoms with E-state index in [9.17, 15) is 8.42 Å². The third-order valence-electron chi connectivity index (χ3n) is 2.48. The highest BCUT2D eigenvalue weighted by molar-refractivity contribution is 7.89. The quantitative estimate of drug-likeness (QED) is 0.853. The summed E-state index contributed by atoms with van der Waals surface area (Å²) in [5, 5.41) is 7.50. The molecule has 1 heterocycles. The highest BCUT2D eigenvalue weighted by Crippen LogP contribution is 2.17. The molecular formula is C12H12ClN3O2S. The summed E-state index contributed by atoms with van der Waals surface area (Å²) in [6, 6.07) is 10.0. The molecule has 1 aromatic carbocycles. The minimum atomic E-state index is -3.60. The van der Waals surface area contributed by atoms with Crippen molar-refractivity contribution in [3.05, 3.63) is 53.9 Å². The molecule has 0 radical (unpaired) electrons. The minimum Gasteiger partial charge on any atom is -0.207 e. The van der Waals surface area contributed by atoms with Crippen molar-refractivity contribution < 1.29 is 8.42 Å². The molecule has 0 unspecified atom stereocenters. The lowest BCUT2D eigenvalue weighted by Gasteiger charge is -2.09. The van der Waals surface area contributed by atoms with E-state index in [4.69, 9.17) is 11.6 Å². The van der Waals surface area contributed by atoms with Crippen LogP contribution in [-0.4, -0.2) is 18.6 Å². The Kier molecular flexibility index (Phi) is 4.47. The van der Waals surface area contributed by atoms with E-state index in [2.05, 4.69) is 14.9 Å². The molecule has 1 N–H and O–H groups in total. The van der Waals surface area contributed by atoms with Crippen LogP contribution >= 0.6 is 11.6 Å². The normalized spacial score (nSPS) is 11.4. The second-order valence-corrected chi connectivity index (χ2v) is 5.78. The zero-order valence-electron chi connectivity index (χ0n) is 9.95. The van der Waals surface area contributed by atoms with Crippen LogP contribution in [0.1, 0.15) is 11.3 Å². The Morgan fingerprint density at radius 3 is 2.63 bits per heavy atom. The zero-order valence-corrected chi connectivity index (χ0v) is 11.5. The average molecular weight is 298 g/mol. The van der Waals surface area contributed by atoms with Gasteiger partial charge in [-0.2, -0.15) is 10.2 Å². The molecule has 0 aliphatic rings. The third kappa shape index (κ3) is 3.50. The van der Waals surface area contributed by atoms with Gasteiger partial charge in [0.05, 0.1) is 17.1 Å². The predicted molar refractivity (Wildman–Crippen MR) is 72.1 cm³/mol. The maximum atomic E-state index is 12.2. The van der Waals surface area contributed by atoms with Crippen LogP contribution in [0.25, 0.3) is 0 Å². The van der Waals surface area contributed by atoms with Crippen LogP contribution in [0.2, 0.25) is 0 Å². The second-order valence-electron chi connectivity index (χ2n) is 3.78. The highest BCUT2D eigenvalue weighted by Gasteiger charge is 2.17. The SMILES string of the molecule is O=S(=O)(NCc1cccnn1)c1ccccc1CCl. The van der Waals surface area contributed by atoms with E-state index in [0.717, 1.165) is 0 Å². The Morgan fingerprint density at radius 2 is 1.95 bits per heavy atom. The molecule has 0 spiro atoms. The Bertz CT molecular complexity index is 647. The molecule has 5 nitrogen and oxygen atoms in total. The number of hydrogen-bond acceptors (Lipinski definition) is 4. The van der Waals surface area contributed by atoms with Crippen molar-refractivity contribution in [3.63, 3.8) is 0 Å². The van der Waals surface area contributed by atoms with Crippen LogP contribution in [0.4, 0.5) is 0 Å². The van der Waals surface area contributed by atoms with Crippen LogP contribution in [0.5, 0.6) is 0 Å². The summed E-state index contributed by atoms with van der Waals surface area (Å²) in [5.74, 6) is 0.141. The maximum Gasteiger partial charge on any atom is 0.241 e. The molecule has 7 heteroatoms. The van der Waals surface area contributed by atoms with Crippen LogP contribution < -0.4 is 4.72 Å². The molecule has 0 aliphatic carbocycles. The first-order chi connectivity index (χ1) is 9.13. The van der Waals surface area contributed by atoms with Crippen molar-refractivity contribution in [2.45, 2.75) is 17.3 Å². The van der Waals surface area contributed by atoms with Gasteiger partial charge in [0.15, 0.2) is 0 Å². The number of rotatable bonds is 5. The molecule has 0 bridgehead atoms. The number of sulfonamides is 1. The van der Waals surface area contributed by atoms with Gasteiger partial charge in [-0.1, -0.05) is 18.2 Å². The lowest BCUT2D eigenvalue weighted by Crippen LogP contribution is -2.24. The molecule has 1 aromatic heterocycles. The lowest BCUT2D eigenvalue weighted by atomic mass is 10.2. The molecule has 0 amide bonds. The van der Waals surface area contributed by atoms with E-state index < -0.39 is 10.0 Å². The number of nitrogens with zero attached hydrogens (tertiary/aromatic N) is 2. The van der Waals surface area contributed by atoms with Gasteiger partial charge in [-0.15, -0.1) is 11.6 Å². The van der Waals surface area contributed by atoms with Gasteiger partial charge in [0.25, 0.3) is 0 Å². The summed E-state index contributed by atoms with van der Waals surface area (Å²) in [6.07, 6.45) is 1.53. The third-order valence-corrected chi connectivity index (χ3v) is 4.27. The Hall–Kier alpha value is -1.50. The number of hydrogen-bond donors (Lipinski definition) is 1. The Labute approximate surface area is 116 Å². The van der Waals surface area contributed by atoms with Crippen LogP contribution in [0, 0.1) is 0 Å². The van der Waals surface area contributed by atoms with Crippen molar-refractivity contribution in [2.24, 2.45) is 0 Å². The molecule has 19 heavy (non-hydrogen) atoms. The summed E-state index contributed by atoms with van der Waals surface area (Å²) in [4.78, 5) is 0.189. The van der Waals surface area contributed by atoms with Gasteiger partial charge in [-0.3, -0.25) is 0 Å². The van der Waals surface area contributed by atoms with Gasteiger partial charge in [0.2, 0.25) is 10.0 Å². The molecule has 0 saturated carbocycles. The Balaban J connectivity index is 2.19. The van der Waals surface area contributed by atoms with E-state index in [0.29, 0.717) is 11.3 Å². The number of nitrogens with one attached hydrogen (secondary N) is 1. The molecule has 0 aliphatic heterocycles. The fraction of sp³-hybridized carbons (Fsp3) is 0.167. The van der Waals surface area contributed by atoms with Crippen molar-refractivity contribution in [1.29, 1.82) is 0 Å². The summed E-state index contributed by atoms with van der Waals surface area (Å²) in [5.41, 5.74) is 1.12. The standard InChI is InChI=1S/C12H12ClN3O2S/c13-8-10-4-1-2-6-12(10)19(17,18)15-9-11-5-3-7-14-16-11/h1-7,15H,8-9H2. The van der Waals surface area contributed by atoms with E-state index in [1.165, 1.54) is 12.3 Å². The first-order valence-corrected chi connectivity index (χ1v) is 7.55. The monoisotopic (exact) mass is 297 g/mol. The number of aromatic nitrogens is 2. The minimum absolute atomic E-state index is 0.0901. The number of alkyl halides is 1. The fourth-order valence-corrected chi connectivity index (χ4v) is 3.10. The van der Waals surface area contributed by atoms with Gasteiger partial charge in [-0.05, 0) is 23.8 Å². The van der Waals surface area contributed by atoms with E-state index in [1.54, 1.807) is 30.3 Å². The van der Waals surface area contributed by atoms with E-state index >= 15 is 0 Å². The lowest BCUT2D eigenvalue weighted by molar-refractivity contribution is 0.579. The second kappa shape index (κ2) is 6.10. The van der Waals surface area contributed by atoms with Gasteiger partial charge < -0.3 is 0 Å². The van der Waals surface area contributed by atoms with Crippen LogP contribution in [-0.2, 0) is 22.4 Å². The highest BCUT2D eigenvalue weighted by atomic mass is 35.5. The van der Waals surface area contributed by atoms with Crippen molar-refractivity contribution in [3.8, 4) is 0 Å². The van der Waals surface area contributed by atoms with Gasteiger partial charge in [0, 0.05) is 12.1 Å². The predicted octanol–water partition coefficient (Wildman–Crippen LogP) is 1.69. The molecule has 0 fully saturated rings. The van der Waals surface area contributed by atoms with Crippen LogP contribution in [0.3, 0.4) is 0 Å². The molecular weight excluding hydrogens is 286 g/mol. The summed E-state index contributed by atoms with van der Waals surface area (Å²) >= 11 is 5.74. The summed E-state index contributed by atoms with van der Waals surface area (Å²) in [7, 11) is -3.60. The van der Waals surface area contributed by atoms with Crippen molar-refractivity contribution in [2.75, 3.05) is 0 Å².